The molecule has 1 aromatic rings. The van der Waals surface area contributed by atoms with E-state index in [-0.39, 0.29) is 0 Å². The number of nitrogens with zero attached hydrogens (tertiary/aromatic N) is 1. The van der Waals surface area contributed by atoms with Gasteiger partial charge in [0.05, 0.1) is 27.0 Å². The van der Waals surface area contributed by atoms with Gasteiger partial charge in [0.15, 0.2) is 0 Å². The number of anilines is 1. The number of rotatable bonds is 5. The van der Waals surface area contributed by atoms with Gasteiger partial charge in [-0.2, -0.15) is 4.85 Å². The van der Waals surface area contributed by atoms with Crippen LogP contribution in [0.25, 0.3) is 0 Å². The number of para-hydroxylation sites is 1. The smallest absolute Gasteiger partial charge is 0.367 e. The Hall–Kier alpha value is -2.34. The van der Waals surface area contributed by atoms with Gasteiger partial charge in [-0.1, -0.05) is 18.2 Å². The minimum atomic E-state index is -4.00. The van der Waals surface area contributed by atoms with Crippen molar-refractivity contribution in [2.75, 3.05) is 26.8 Å². The maximum Gasteiger partial charge on any atom is 0.367 e. The van der Waals surface area contributed by atoms with Crippen LogP contribution in [0.4, 0.5) is 20.1 Å². The lowest BCUT2D eigenvalue weighted by atomic mass is 10.3. The summed E-state index contributed by atoms with van der Waals surface area (Å²) in [5.41, 5.74) is -0.333. The first-order valence-corrected chi connectivity index (χ1v) is 7.45. The Bertz CT molecular complexity index is 539. The van der Waals surface area contributed by atoms with E-state index in [0.29, 0.717) is 5.69 Å². The summed E-state index contributed by atoms with van der Waals surface area (Å²) < 4.78 is 13.6. The third-order valence-corrected chi connectivity index (χ3v) is 4.95. The summed E-state index contributed by atoms with van der Waals surface area (Å²) >= 11 is 0. The molecule has 8 nitrogen and oxygen atoms in total. The number of hydrogen-bond acceptors (Lipinski definition) is 7. The molecule has 0 atom stereocenters. The summed E-state index contributed by atoms with van der Waals surface area (Å²) in [6.07, 6.45) is 0. The Balaban J connectivity index is 3.37. The first-order chi connectivity index (χ1) is 10.0. The Morgan fingerprint density at radius 2 is 1.33 bits per heavy atom. The number of hydrogen-bond donors (Lipinski definition) is 1. The summed E-state index contributed by atoms with van der Waals surface area (Å²) in [7, 11) is -0.876. The molecule has 0 saturated heterocycles. The first kappa shape index (κ1) is 16.7. The van der Waals surface area contributed by atoms with E-state index < -0.39 is 24.2 Å². The van der Waals surface area contributed by atoms with Gasteiger partial charge in [-0.15, -0.1) is 0 Å². The molecule has 0 aromatic heterocycles. The van der Waals surface area contributed by atoms with Crippen molar-refractivity contribution in [3.8, 4) is 0 Å². The summed E-state index contributed by atoms with van der Waals surface area (Å²) in [5.74, 6) is 0. The molecule has 0 aliphatic heterocycles. The highest BCUT2D eigenvalue weighted by Crippen LogP contribution is 2.54. The van der Waals surface area contributed by atoms with Gasteiger partial charge in [-0.3, -0.25) is 5.43 Å². The first-order valence-electron chi connectivity index (χ1n) is 5.70. The van der Waals surface area contributed by atoms with Crippen molar-refractivity contribution in [1.29, 1.82) is 0 Å². The number of methoxy groups -OCH3 is 3. The maximum atomic E-state index is 11.9. The van der Waals surface area contributed by atoms with E-state index in [1.165, 1.54) is 0 Å². The number of benzene rings is 1. The molecule has 0 radical (unpaired) electrons. The second kappa shape index (κ2) is 7.44. The van der Waals surface area contributed by atoms with Crippen molar-refractivity contribution in [3.63, 3.8) is 0 Å². The van der Waals surface area contributed by atoms with Crippen molar-refractivity contribution in [2.24, 2.45) is 4.85 Å². The lowest BCUT2D eigenvalue weighted by molar-refractivity contribution is 0.184. The lowest BCUT2D eigenvalue weighted by Gasteiger charge is -2.16. The van der Waals surface area contributed by atoms with Crippen LogP contribution in [0.1, 0.15) is 0 Å². The van der Waals surface area contributed by atoms with E-state index in [9.17, 15) is 14.4 Å². The molecule has 1 rings (SSSR count). The van der Waals surface area contributed by atoms with Gasteiger partial charge >= 0.3 is 24.2 Å². The van der Waals surface area contributed by atoms with Crippen molar-refractivity contribution in [2.45, 2.75) is 0 Å². The third kappa shape index (κ3) is 3.41. The highest BCUT2D eigenvalue weighted by atomic mass is 31.2. The zero-order chi connectivity index (χ0) is 15.9. The average molecular weight is 314 g/mol. The fourth-order valence-corrected chi connectivity index (χ4v) is 3.14. The fraction of sp³-hybridized carbons (Fsp3) is 0.250. The van der Waals surface area contributed by atoms with Gasteiger partial charge in [-0.05, 0) is 12.1 Å². The maximum absolute atomic E-state index is 11.9. The van der Waals surface area contributed by atoms with Crippen LogP contribution in [0.2, 0.25) is 0 Å². The predicted octanol–water partition coefficient (Wildman–Crippen LogP) is 3.51. The van der Waals surface area contributed by atoms with E-state index in [0.717, 1.165) is 21.3 Å². The zero-order valence-electron chi connectivity index (χ0n) is 11.7. The van der Waals surface area contributed by atoms with E-state index in [2.05, 4.69) is 24.5 Å². The molecule has 114 valence electrons. The van der Waals surface area contributed by atoms with E-state index in [1.54, 1.807) is 30.3 Å². The van der Waals surface area contributed by atoms with Gasteiger partial charge < -0.3 is 14.2 Å². The summed E-state index contributed by atoms with van der Waals surface area (Å²) in [6, 6.07) is 8.49. The molecule has 0 amide bonds. The van der Waals surface area contributed by atoms with Gasteiger partial charge in [-0.25, -0.2) is 14.4 Å². The normalized spacial score (nSPS) is 10.2. The Labute approximate surface area is 121 Å². The Morgan fingerprint density at radius 1 is 0.905 bits per heavy atom. The van der Waals surface area contributed by atoms with Gasteiger partial charge in [0.1, 0.15) is 0 Å². The van der Waals surface area contributed by atoms with Crippen molar-refractivity contribution in [3.05, 3.63) is 30.3 Å². The second-order valence-corrected chi connectivity index (χ2v) is 6.19. The average Bonchev–Trinajstić information content (AvgIpc) is 2.54. The van der Waals surface area contributed by atoms with Gasteiger partial charge in [0, 0.05) is 0 Å². The third-order valence-electron chi connectivity index (χ3n) is 2.42. The second-order valence-electron chi connectivity index (χ2n) is 3.62. The summed E-state index contributed by atoms with van der Waals surface area (Å²) in [5, 5.41) is 0. The molecule has 0 heterocycles. The molecule has 0 aliphatic rings. The van der Waals surface area contributed by atoms with Crippen molar-refractivity contribution >= 4 is 29.9 Å². The minimum absolute atomic E-state index is 0.485. The number of carbonyl (C=O) groups is 3. The van der Waals surface area contributed by atoms with Gasteiger partial charge in [0.25, 0.3) is 0 Å². The van der Waals surface area contributed by atoms with E-state index >= 15 is 0 Å². The lowest BCUT2D eigenvalue weighted by Crippen LogP contribution is -2.19. The molecule has 0 bridgehead atoms. The van der Waals surface area contributed by atoms with Crippen LogP contribution >= 0.6 is 7.05 Å². The van der Waals surface area contributed by atoms with Crippen LogP contribution in [0.3, 0.4) is 0 Å². The highest BCUT2D eigenvalue weighted by Gasteiger charge is 2.49. The molecule has 1 N–H and O–H groups in total. The molecule has 0 spiro atoms. The molecule has 0 saturated carbocycles. The summed E-state index contributed by atoms with van der Waals surface area (Å²) in [4.78, 5) is 39.6. The topological polar surface area (TPSA) is 103 Å². The monoisotopic (exact) mass is 314 g/mol. The van der Waals surface area contributed by atoms with E-state index in [1.807, 2.05) is 0 Å². The largest absolute Gasteiger partial charge is 0.464 e. The van der Waals surface area contributed by atoms with Crippen LogP contribution in [0, 0.1) is 0 Å². The fourth-order valence-electron chi connectivity index (χ4n) is 1.39. The van der Waals surface area contributed by atoms with Crippen LogP contribution in [0.5, 0.6) is 0 Å². The van der Waals surface area contributed by atoms with Crippen LogP contribution in [-0.4, -0.2) is 38.5 Å². The number of nitrogens with one attached hydrogen (secondary N) is 1. The predicted molar refractivity (Wildman–Crippen MR) is 76.6 cm³/mol. The van der Waals surface area contributed by atoms with Crippen LogP contribution in [-0.2, 0) is 14.2 Å². The highest BCUT2D eigenvalue weighted by molar-refractivity contribution is 8.07. The van der Waals surface area contributed by atoms with Crippen molar-refractivity contribution < 1.29 is 28.6 Å². The molecule has 0 unspecified atom stereocenters. The SMILES string of the molecule is COC(=O)P(=NNc1ccccc1)(C(=O)OC)C(=O)OC. The molecule has 0 fully saturated rings. The number of carbonyl (C=O) groups excluding carboxylic acids is 3. The Morgan fingerprint density at radius 3 is 1.71 bits per heavy atom. The Kier molecular flexibility index (Phi) is 5.92. The van der Waals surface area contributed by atoms with Crippen molar-refractivity contribution in [1.82, 2.24) is 0 Å². The zero-order valence-corrected chi connectivity index (χ0v) is 12.6. The molecular weight excluding hydrogens is 299 g/mol. The molecule has 0 aliphatic carbocycles. The number of ether oxygens (including phenoxy) is 3. The minimum Gasteiger partial charge on any atom is -0.464 e. The molecule has 9 heteroatoms. The quantitative estimate of drug-likeness (QED) is 0.504. The molecular formula is C12H15N2O6P. The van der Waals surface area contributed by atoms with Crippen LogP contribution in [0.15, 0.2) is 35.2 Å². The standard InChI is InChI=1S/C12H15N2O6P/c1-18-10(15)21(11(16)19-2,12(17)20-3)14-13-9-7-5-4-6-8-9/h4-8,13H,1-3H3. The van der Waals surface area contributed by atoms with Gasteiger partial charge in [0.2, 0.25) is 0 Å². The summed E-state index contributed by atoms with van der Waals surface area (Å²) in [6.45, 7) is 0. The molecule has 21 heavy (non-hydrogen) atoms. The molecule has 1 aromatic carbocycles. The van der Waals surface area contributed by atoms with E-state index in [4.69, 9.17) is 0 Å². The van der Waals surface area contributed by atoms with Crippen LogP contribution < -0.4 is 5.43 Å².